The molecule has 2 aromatic rings. The second kappa shape index (κ2) is 5.49. The lowest BCUT2D eigenvalue weighted by molar-refractivity contribution is 0.0699. The monoisotopic (exact) mass is 271 g/mol. The first-order valence-corrected chi connectivity index (χ1v) is 7.00. The minimum Gasteiger partial charge on any atom is -0.478 e. The fraction of sp³-hybridized carbons (Fsp3) is 0.375. The van der Waals surface area contributed by atoms with Crippen molar-refractivity contribution in [3.8, 4) is 5.88 Å². The van der Waals surface area contributed by atoms with Crippen LogP contribution in [0.3, 0.4) is 0 Å². The van der Waals surface area contributed by atoms with Gasteiger partial charge in [-0.3, -0.25) is 0 Å². The Balaban J connectivity index is 1.81. The fourth-order valence-corrected chi connectivity index (χ4v) is 2.78. The molecular formula is C16H17NO3. The summed E-state index contributed by atoms with van der Waals surface area (Å²) in [5.41, 5.74) is 0.936. The van der Waals surface area contributed by atoms with E-state index >= 15 is 0 Å². The number of carboxylic acid groups (broad SMARTS) is 1. The zero-order valence-corrected chi connectivity index (χ0v) is 11.2. The van der Waals surface area contributed by atoms with E-state index < -0.39 is 5.97 Å². The Labute approximate surface area is 117 Å². The summed E-state index contributed by atoms with van der Waals surface area (Å²) in [5, 5.41) is 9.79. The van der Waals surface area contributed by atoms with Gasteiger partial charge in [0.2, 0.25) is 5.88 Å². The molecule has 104 valence electrons. The summed E-state index contributed by atoms with van der Waals surface area (Å²) in [6.07, 6.45) is 5.05. The molecule has 0 atom stereocenters. The molecular weight excluding hydrogens is 254 g/mol. The lowest BCUT2D eigenvalue weighted by Gasteiger charge is -2.11. The Morgan fingerprint density at radius 1 is 1.25 bits per heavy atom. The van der Waals surface area contributed by atoms with Gasteiger partial charge in [0.1, 0.15) is 0 Å². The van der Waals surface area contributed by atoms with Gasteiger partial charge < -0.3 is 9.84 Å². The maximum Gasteiger partial charge on any atom is 0.336 e. The van der Waals surface area contributed by atoms with Gasteiger partial charge in [-0.15, -0.1) is 0 Å². The van der Waals surface area contributed by atoms with Crippen LogP contribution in [-0.2, 0) is 0 Å². The van der Waals surface area contributed by atoms with E-state index in [1.807, 2.05) is 6.07 Å². The normalized spacial score (nSPS) is 15.6. The fourth-order valence-electron chi connectivity index (χ4n) is 2.78. The molecule has 4 heteroatoms. The Kier molecular flexibility index (Phi) is 3.54. The molecule has 1 aromatic heterocycles. The van der Waals surface area contributed by atoms with E-state index in [-0.39, 0.29) is 5.56 Å². The van der Waals surface area contributed by atoms with Crippen molar-refractivity contribution in [2.75, 3.05) is 6.61 Å². The first-order valence-electron chi connectivity index (χ1n) is 7.00. The number of pyridine rings is 1. The highest BCUT2D eigenvalue weighted by Crippen LogP contribution is 2.26. The summed E-state index contributed by atoms with van der Waals surface area (Å²) >= 11 is 0. The number of rotatable bonds is 4. The van der Waals surface area contributed by atoms with Gasteiger partial charge in [0.05, 0.1) is 17.7 Å². The summed E-state index contributed by atoms with van der Waals surface area (Å²) in [6.45, 7) is 0.705. The second-order valence-electron chi connectivity index (χ2n) is 5.29. The molecule has 0 spiro atoms. The van der Waals surface area contributed by atoms with Crippen LogP contribution in [-0.4, -0.2) is 22.7 Å². The van der Waals surface area contributed by atoms with Gasteiger partial charge in [-0.1, -0.05) is 18.9 Å². The lowest BCUT2D eigenvalue weighted by atomic mass is 10.1. The number of aromatic nitrogens is 1. The third-order valence-corrected chi connectivity index (χ3v) is 3.88. The summed E-state index contributed by atoms with van der Waals surface area (Å²) in [4.78, 5) is 15.5. The topological polar surface area (TPSA) is 59.4 Å². The average Bonchev–Trinajstić information content (AvgIpc) is 2.97. The Morgan fingerprint density at radius 3 is 2.80 bits per heavy atom. The van der Waals surface area contributed by atoms with Gasteiger partial charge in [-0.25, -0.2) is 9.78 Å². The van der Waals surface area contributed by atoms with E-state index in [1.54, 1.807) is 24.3 Å². The molecule has 1 saturated carbocycles. The predicted molar refractivity (Wildman–Crippen MR) is 76.2 cm³/mol. The molecule has 0 unspecified atom stereocenters. The highest BCUT2D eigenvalue weighted by Gasteiger charge is 2.16. The molecule has 3 rings (SSSR count). The molecule has 1 heterocycles. The Bertz CT molecular complexity index is 633. The number of ether oxygens (including phenoxy) is 1. The van der Waals surface area contributed by atoms with Crippen molar-refractivity contribution in [1.82, 2.24) is 4.98 Å². The minimum absolute atomic E-state index is 0.275. The van der Waals surface area contributed by atoms with Crippen LogP contribution in [0.1, 0.15) is 36.0 Å². The minimum atomic E-state index is -0.933. The Morgan fingerprint density at radius 2 is 2.05 bits per heavy atom. The van der Waals surface area contributed by atoms with Gasteiger partial charge in [-0.2, -0.15) is 0 Å². The molecule has 0 radical (unpaired) electrons. The molecule has 0 amide bonds. The molecule has 1 aliphatic carbocycles. The quantitative estimate of drug-likeness (QED) is 0.924. The van der Waals surface area contributed by atoms with E-state index in [0.717, 1.165) is 0 Å². The standard InChI is InChI=1S/C16H17NO3/c18-16(19)13-6-3-7-14-12(13)8-9-15(17-14)20-10-11-4-1-2-5-11/h3,6-9,11H,1-2,4-5,10H2,(H,18,19). The maximum absolute atomic E-state index is 11.1. The van der Waals surface area contributed by atoms with E-state index in [9.17, 15) is 4.79 Å². The first kappa shape index (κ1) is 12.9. The van der Waals surface area contributed by atoms with Crippen molar-refractivity contribution in [2.24, 2.45) is 5.92 Å². The molecule has 1 N–H and O–H groups in total. The van der Waals surface area contributed by atoms with Gasteiger partial charge in [-0.05, 0) is 37.0 Å². The van der Waals surface area contributed by atoms with Crippen LogP contribution in [0.4, 0.5) is 0 Å². The van der Waals surface area contributed by atoms with E-state index in [1.165, 1.54) is 25.7 Å². The summed E-state index contributed by atoms with van der Waals surface area (Å²) in [5.74, 6) is 0.279. The Hall–Kier alpha value is -2.10. The smallest absolute Gasteiger partial charge is 0.336 e. The molecule has 1 aromatic carbocycles. The van der Waals surface area contributed by atoms with Crippen molar-refractivity contribution >= 4 is 16.9 Å². The average molecular weight is 271 g/mol. The van der Waals surface area contributed by atoms with E-state index in [4.69, 9.17) is 9.84 Å². The number of hydrogen-bond donors (Lipinski definition) is 1. The lowest BCUT2D eigenvalue weighted by Crippen LogP contribution is -2.09. The number of benzene rings is 1. The molecule has 0 aliphatic heterocycles. The highest BCUT2D eigenvalue weighted by molar-refractivity contribution is 6.02. The van der Waals surface area contributed by atoms with Gasteiger partial charge in [0.15, 0.2) is 0 Å². The largest absolute Gasteiger partial charge is 0.478 e. The van der Waals surface area contributed by atoms with Gasteiger partial charge in [0, 0.05) is 11.5 Å². The molecule has 1 fully saturated rings. The zero-order valence-electron chi connectivity index (χ0n) is 11.2. The summed E-state index contributed by atoms with van der Waals surface area (Å²) < 4.78 is 5.74. The van der Waals surface area contributed by atoms with Crippen LogP contribution in [0.5, 0.6) is 5.88 Å². The number of nitrogens with zero attached hydrogens (tertiary/aromatic N) is 1. The number of carbonyl (C=O) groups is 1. The van der Waals surface area contributed by atoms with Crippen LogP contribution < -0.4 is 4.74 Å². The zero-order chi connectivity index (χ0) is 13.9. The first-order chi connectivity index (χ1) is 9.74. The van der Waals surface area contributed by atoms with Crippen molar-refractivity contribution in [3.63, 3.8) is 0 Å². The molecule has 0 saturated heterocycles. The van der Waals surface area contributed by atoms with Crippen molar-refractivity contribution in [3.05, 3.63) is 35.9 Å². The third kappa shape index (κ3) is 2.59. The molecule has 20 heavy (non-hydrogen) atoms. The van der Waals surface area contributed by atoms with Crippen LogP contribution >= 0.6 is 0 Å². The van der Waals surface area contributed by atoms with Gasteiger partial charge >= 0.3 is 5.97 Å². The van der Waals surface area contributed by atoms with Crippen molar-refractivity contribution < 1.29 is 14.6 Å². The number of hydrogen-bond acceptors (Lipinski definition) is 3. The number of aromatic carboxylic acids is 1. The SMILES string of the molecule is O=C(O)c1cccc2nc(OCC3CCCC3)ccc12. The van der Waals surface area contributed by atoms with Crippen LogP contribution in [0.25, 0.3) is 10.9 Å². The van der Waals surface area contributed by atoms with E-state index in [2.05, 4.69) is 4.98 Å². The number of carboxylic acids is 1. The van der Waals surface area contributed by atoms with Crippen molar-refractivity contribution in [1.29, 1.82) is 0 Å². The third-order valence-electron chi connectivity index (χ3n) is 3.88. The summed E-state index contributed by atoms with van der Waals surface area (Å²) in [6, 6.07) is 8.63. The number of fused-ring (bicyclic) bond motifs is 1. The second-order valence-corrected chi connectivity index (χ2v) is 5.29. The highest BCUT2D eigenvalue weighted by atomic mass is 16.5. The van der Waals surface area contributed by atoms with Crippen LogP contribution in [0.2, 0.25) is 0 Å². The van der Waals surface area contributed by atoms with Crippen molar-refractivity contribution in [2.45, 2.75) is 25.7 Å². The maximum atomic E-state index is 11.1. The van der Waals surface area contributed by atoms with Gasteiger partial charge in [0.25, 0.3) is 0 Å². The molecule has 0 bridgehead atoms. The molecule has 4 nitrogen and oxygen atoms in total. The van der Waals surface area contributed by atoms with Crippen LogP contribution in [0, 0.1) is 5.92 Å². The predicted octanol–water partition coefficient (Wildman–Crippen LogP) is 3.50. The summed E-state index contributed by atoms with van der Waals surface area (Å²) in [7, 11) is 0. The van der Waals surface area contributed by atoms with E-state index in [0.29, 0.717) is 29.3 Å². The molecule has 1 aliphatic rings. The van der Waals surface area contributed by atoms with Crippen LogP contribution in [0.15, 0.2) is 30.3 Å².